The molecule has 2 saturated heterocycles. The highest BCUT2D eigenvalue weighted by atomic mass is 16.3. The van der Waals surface area contributed by atoms with Crippen LogP contribution in [0.3, 0.4) is 0 Å². The topological polar surface area (TPSA) is 35.5 Å². The van der Waals surface area contributed by atoms with Crippen molar-refractivity contribution in [3.05, 3.63) is 0 Å². The highest BCUT2D eigenvalue weighted by Gasteiger charge is 2.35. The first-order valence-electron chi connectivity index (χ1n) is 7.33. The standard InChI is InChI=1S/C14H28N2O/c1-3-6-16(9-11(2)10-17)14-7-12-4-5-13(8-14)15-12/h11-15,17H,3-10H2,1-2H3. The molecule has 2 rings (SSSR count). The van der Waals surface area contributed by atoms with E-state index in [4.69, 9.17) is 0 Å². The summed E-state index contributed by atoms with van der Waals surface area (Å²) in [5, 5.41) is 12.9. The number of hydrogen-bond acceptors (Lipinski definition) is 3. The fourth-order valence-electron chi connectivity index (χ4n) is 3.49. The lowest BCUT2D eigenvalue weighted by Gasteiger charge is -2.38. The SMILES string of the molecule is CCCN(CC(C)CO)C1CC2CCC(C1)N2. The van der Waals surface area contributed by atoms with Crippen molar-refractivity contribution >= 4 is 0 Å². The van der Waals surface area contributed by atoms with Crippen LogP contribution in [0.5, 0.6) is 0 Å². The van der Waals surface area contributed by atoms with Gasteiger partial charge in [-0.05, 0) is 44.6 Å². The maximum absolute atomic E-state index is 9.23. The van der Waals surface area contributed by atoms with Crippen LogP contribution in [0.2, 0.25) is 0 Å². The Morgan fingerprint density at radius 2 is 1.94 bits per heavy atom. The summed E-state index contributed by atoms with van der Waals surface area (Å²) in [5.41, 5.74) is 0. The van der Waals surface area contributed by atoms with Crippen LogP contribution in [-0.2, 0) is 0 Å². The van der Waals surface area contributed by atoms with Crippen LogP contribution in [0.1, 0.15) is 46.0 Å². The maximum Gasteiger partial charge on any atom is 0.0468 e. The summed E-state index contributed by atoms with van der Waals surface area (Å²) >= 11 is 0. The maximum atomic E-state index is 9.23. The number of hydrogen-bond donors (Lipinski definition) is 2. The smallest absolute Gasteiger partial charge is 0.0468 e. The lowest BCUT2D eigenvalue weighted by atomic mass is 9.97. The summed E-state index contributed by atoms with van der Waals surface area (Å²) < 4.78 is 0. The molecular formula is C14H28N2O. The minimum absolute atomic E-state index is 0.318. The number of aliphatic hydroxyl groups is 1. The molecule has 3 unspecified atom stereocenters. The number of nitrogens with zero attached hydrogens (tertiary/aromatic N) is 1. The molecular weight excluding hydrogens is 212 g/mol. The van der Waals surface area contributed by atoms with Gasteiger partial charge in [-0.25, -0.2) is 0 Å². The summed E-state index contributed by atoms with van der Waals surface area (Å²) in [6.07, 6.45) is 6.59. The van der Waals surface area contributed by atoms with Gasteiger partial charge >= 0.3 is 0 Å². The van der Waals surface area contributed by atoms with E-state index in [-0.39, 0.29) is 0 Å². The van der Waals surface area contributed by atoms with Crippen LogP contribution in [-0.4, -0.2) is 47.8 Å². The Kier molecular flexibility index (Phi) is 4.83. The molecule has 2 N–H and O–H groups in total. The molecule has 2 heterocycles. The second kappa shape index (κ2) is 6.17. The van der Waals surface area contributed by atoms with Crippen molar-refractivity contribution in [2.75, 3.05) is 19.7 Å². The van der Waals surface area contributed by atoms with Gasteiger partial charge in [-0.3, -0.25) is 4.90 Å². The number of rotatable bonds is 6. The van der Waals surface area contributed by atoms with Gasteiger partial charge in [0.25, 0.3) is 0 Å². The number of nitrogens with one attached hydrogen (secondary N) is 1. The molecule has 100 valence electrons. The number of aliphatic hydroxyl groups excluding tert-OH is 1. The summed E-state index contributed by atoms with van der Waals surface area (Å²) in [6, 6.07) is 2.28. The third-order valence-electron chi connectivity index (χ3n) is 4.33. The Morgan fingerprint density at radius 3 is 2.47 bits per heavy atom. The van der Waals surface area contributed by atoms with Gasteiger partial charge in [0.1, 0.15) is 0 Å². The first kappa shape index (κ1) is 13.3. The Hall–Kier alpha value is -0.120. The molecule has 2 aliphatic rings. The van der Waals surface area contributed by atoms with E-state index in [9.17, 15) is 5.11 Å². The summed E-state index contributed by atoms with van der Waals surface area (Å²) in [6.45, 7) is 6.98. The van der Waals surface area contributed by atoms with Gasteiger partial charge < -0.3 is 10.4 Å². The summed E-state index contributed by atoms with van der Waals surface area (Å²) in [5.74, 6) is 0.411. The molecule has 0 aromatic carbocycles. The second-order valence-corrected chi connectivity index (χ2v) is 6.05. The van der Waals surface area contributed by atoms with Gasteiger partial charge in [0.05, 0.1) is 0 Å². The Labute approximate surface area is 106 Å². The molecule has 0 aromatic rings. The Bertz CT molecular complexity index is 222. The van der Waals surface area contributed by atoms with E-state index < -0.39 is 0 Å². The van der Waals surface area contributed by atoms with Gasteiger partial charge in [-0.15, -0.1) is 0 Å². The van der Waals surface area contributed by atoms with Crippen molar-refractivity contribution in [3.63, 3.8) is 0 Å². The third-order valence-corrected chi connectivity index (χ3v) is 4.33. The zero-order valence-corrected chi connectivity index (χ0v) is 11.4. The van der Waals surface area contributed by atoms with E-state index in [1.54, 1.807) is 0 Å². The first-order chi connectivity index (χ1) is 8.22. The molecule has 3 heteroatoms. The molecule has 3 nitrogen and oxygen atoms in total. The van der Waals surface area contributed by atoms with Gasteiger partial charge in [0.15, 0.2) is 0 Å². The predicted molar refractivity (Wildman–Crippen MR) is 71.1 cm³/mol. The van der Waals surface area contributed by atoms with Crippen molar-refractivity contribution in [1.29, 1.82) is 0 Å². The molecule has 2 bridgehead atoms. The van der Waals surface area contributed by atoms with Crippen LogP contribution in [0, 0.1) is 5.92 Å². The average Bonchev–Trinajstić information content (AvgIpc) is 2.67. The minimum Gasteiger partial charge on any atom is -0.396 e. The van der Waals surface area contributed by atoms with Crippen molar-refractivity contribution in [1.82, 2.24) is 10.2 Å². The van der Waals surface area contributed by atoms with E-state index in [0.29, 0.717) is 12.5 Å². The highest BCUT2D eigenvalue weighted by Crippen LogP contribution is 2.30. The van der Waals surface area contributed by atoms with Crippen molar-refractivity contribution in [2.45, 2.75) is 64.1 Å². The van der Waals surface area contributed by atoms with Crippen LogP contribution in [0.4, 0.5) is 0 Å². The van der Waals surface area contributed by atoms with Crippen LogP contribution < -0.4 is 5.32 Å². The van der Waals surface area contributed by atoms with Crippen molar-refractivity contribution in [2.24, 2.45) is 5.92 Å². The third kappa shape index (κ3) is 3.43. The van der Waals surface area contributed by atoms with E-state index in [2.05, 4.69) is 24.1 Å². The predicted octanol–water partition coefficient (Wildman–Crippen LogP) is 1.61. The zero-order chi connectivity index (χ0) is 12.3. The van der Waals surface area contributed by atoms with Crippen LogP contribution >= 0.6 is 0 Å². The van der Waals surface area contributed by atoms with E-state index in [0.717, 1.165) is 24.7 Å². The largest absolute Gasteiger partial charge is 0.396 e. The molecule has 0 aromatic heterocycles. The molecule has 3 atom stereocenters. The molecule has 17 heavy (non-hydrogen) atoms. The molecule has 0 spiro atoms. The molecule has 0 radical (unpaired) electrons. The average molecular weight is 240 g/mol. The van der Waals surface area contributed by atoms with Gasteiger partial charge in [0, 0.05) is 31.3 Å². The van der Waals surface area contributed by atoms with E-state index in [1.165, 1.54) is 38.6 Å². The Balaban J connectivity index is 1.90. The summed E-state index contributed by atoms with van der Waals surface area (Å²) in [7, 11) is 0. The van der Waals surface area contributed by atoms with E-state index in [1.807, 2.05) is 0 Å². The fourth-order valence-corrected chi connectivity index (χ4v) is 3.49. The zero-order valence-electron chi connectivity index (χ0n) is 11.4. The molecule has 2 aliphatic heterocycles. The lowest BCUT2D eigenvalue weighted by molar-refractivity contribution is 0.105. The molecule has 0 saturated carbocycles. The monoisotopic (exact) mass is 240 g/mol. The van der Waals surface area contributed by atoms with Crippen LogP contribution in [0.15, 0.2) is 0 Å². The fraction of sp³-hybridized carbons (Fsp3) is 1.00. The first-order valence-corrected chi connectivity index (χ1v) is 7.33. The van der Waals surface area contributed by atoms with Crippen molar-refractivity contribution < 1.29 is 5.11 Å². The van der Waals surface area contributed by atoms with Gasteiger partial charge in [0.2, 0.25) is 0 Å². The molecule has 2 fully saturated rings. The Morgan fingerprint density at radius 1 is 1.29 bits per heavy atom. The minimum atomic E-state index is 0.318. The van der Waals surface area contributed by atoms with Crippen LogP contribution in [0.25, 0.3) is 0 Å². The molecule has 0 amide bonds. The highest BCUT2D eigenvalue weighted by molar-refractivity contribution is 4.95. The molecule has 0 aliphatic carbocycles. The number of fused-ring (bicyclic) bond motifs is 2. The number of piperidine rings is 1. The lowest BCUT2D eigenvalue weighted by Crippen LogP contribution is -2.49. The van der Waals surface area contributed by atoms with E-state index >= 15 is 0 Å². The summed E-state index contributed by atoms with van der Waals surface area (Å²) in [4.78, 5) is 2.63. The van der Waals surface area contributed by atoms with Crippen molar-refractivity contribution in [3.8, 4) is 0 Å². The van der Waals surface area contributed by atoms with Gasteiger partial charge in [-0.1, -0.05) is 13.8 Å². The van der Waals surface area contributed by atoms with Gasteiger partial charge in [-0.2, -0.15) is 0 Å². The second-order valence-electron chi connectivity index (χ2n) is 6.05. The normalized spacial score (nSPS) is 34.2. The quantitative estimate of drug-likeness (QED) is 0.740.